The Kier molecular flexibility index (Phi) is 3.38. The van der Waals surface area contributed by atoms with Crippen molar-refractivity contribution >= 4 is 11.3 Å². The van der Waals surface area contributed by atoms with Gasteiger partial charge in [-0.15, -0.1) is 0 Å². The first kappa shape index (κ1) is 12.1. The summed E-state index contributed by atoms with van der Waals surface area (Å²) in [5.74, 6) is 0. The number of piperazine rings is 1. The van der Waals surface area contributed by atoms with Crippen molar-refractivity contribution in [2.24, 2.45) is 0 Å². The van der Waals surface area contributed by atoms with Gasteiger partial charge in [0.25, 0.3) is 0 Å². The van der Waals surface area contributed by atoms with E-state index in [4.69, 9.17) is 0 Å². The maximum Gasteiger partial charge on any atom is 0.0253 e. The van der Waals surface area contributed by atoms with E-state index in [0.717, 1.165) is 19.6 Å². The van der Waals surface area contributed by atoms with Crippen LogP contribution in [0.2, 0.25) is 0 Å². The number of rotatable bonds is 2. The summed E-state index contributed by atoms with van der Waals surface area (Å²) in [6.07, 6.45) is 0. The number of hydrogen-bond acceptors (Lipinski definition) is 3. The zero-order valence-corrected chi connectivity index (χ0v) is 11.5. The number of aryl methyl sites for hydroxylation is 1. The minimum absolute atomic E-state index is 0.246. The highest BCUT2D eigenvalue weighted by Gasteiger charge is 2.30. The van der Waals surface area contributed by atoms with E-state index in [1.54, 1.807) is 0 Å². The predicted octanol–water partition coefficient (Wildman–Crippen LogP) is 2.63. The molecule has 16 heavy (non-hydrogen) atoms. The lowest BCUT2D eigenvalue weighted by molar-refractivity contribution is 0.0977. The second kappa shape index (κ2) is 4.47. The molecule has 1 fully saturated rings. The lowest BCUT2D eigenvalue weighted by Crippen LogP contribution is -2.60. The smallest absolute Gasteiger partial charge is 0.0253 e. The fourth-order valence-electron chi connectivity index (χ4n) is 2.25. The molecule has 2 rings (SSSR count). The van der Waals surface area contributed by atoms with E-state index in [2.05, 4.69) is 48.7 Å². The summed E-state index contributed by atoms with van der Waals surface area (Å²) in [7, 11) is 0. The molecule has 2 heterocycles. The molecule has 1 aromatic heterocycles. The van der Waals surface area contributed by atoms with Crippen molar-refractivity contribution in [1.82, 2.24) is 10.2 Å². The van der Waals surface area contributed by atoms with E-state index in [0.29, 0.717) is 6.04 Å². The molecule has 1 aliphatic heterocycles. The molecule has 1 N–H and O–H groups in total. The standard InChI is InChI=1S/C13H22N2S/c1-10-7-16-8-12(10)6-15-9-13(3,4)14-5-11(15)2/h7-8,11,14H,5-6,9H2,1-4H3. The molecule has 0 aromatic carbocycles. The molecule has 3 heteroatoms. The van der Waals surface area contributed by atoms with Gasteiger partial charge < -0.3 is 5.32 Å². The highest BCUT2D eigenvalue weighted by Crippen LogP contribution is 2.21. The van der Waals surface area contributed by atoms with E-state index in [-0.39, 0.29) is 5.54 Å². The second-order valence-corrected chi connectivity index (χ2v) is 6.34. The van der Waals surface area contributed by atoms with Crippen molar-refractivity contribution in [3.63, 3.8) is 0 Å². The van der Waals surface area contributed by atoms with Crippen LogP contribution in [0.3, 0.4) is 0 Å². The average Bonchev–Trinajstić information content (AvgIpc) is 2.58. The first-order valence-electron chi connectivity index (χ1n) is 5.99. The lowest BCUT2D eigenvalue weighted by Gasteiger charge is -2.43. The van der Waals surface area contributed by atoms with Gasteiger partial charge in [0.1, 0.15) is 0 Å². The fourth-order valence-corrected chi connectivity index (χ4v) is 3.10. The molecule has 0 saturated carbocycles. The normalized spacial score (nSPS) is 25.9. The quantitative estimate of drug-likeness (QED) is 0.852. The maximum atomic E-state index is 3.59. The monoisotopic (exact) mass is 238 g/mol. The molecule has 1 atom stereocenters. The average molecular weight is 238 g/mol. The second-order valence-electron chi connectivity index (χ2n) is 5.60. The van der Waals surface area contributed by atoms with Crippen LogP contribution in [0.15, 0.2) is 10.8 Å². The highest BCUT2D eigenvalue weighted by molar-refractivity contribution is 7.08. The van der Waals surface area contributed by atoms with E-state index >= 15 is 0 Å². The number of hydrogen-bond donors (Lipinski definition) is 1. The number of nitrogens with zero attached hydrogens (tertiary/aromatic N) is 1. The number of nitrogens with one attached hydrogen (secondary N) is 1. The summed E-state index contributed by atoms with van der Waals surface area (Å²) in [6, 6.07) is 0.632. The molecule has 2 nitrogen and oxygen atoms in total. The molecule has 1 aromatic rings. The Labute approximate surface area is 103 Å². The van der Waals surface area contributed by atoms with Crippen LogP contribution in [0.5, 0.6) is 0 Å². The van der Waals surface area contributed by atoms with Gasteiger partial charge in [0, 0.05) is 31.2 Å². The third kappa shape index (κ3) is 2.65. The Bertz CT molecular complexity index is 357. The van der Waals surface area contributed by atoms with Gasteiger partial charge in [-0.2, -0.15) is 11.3 Å². The largest absolute Gasteiger partial charge is 0.309 e. The predicted molar refractivity (Wildman–Crippen MR) is 71.0 cm³/mol. The van der Waals surface area contributed by atoms with E-state index in [9.17, 15) is 0 Å². The maximum absolute atomic E-state index is 3.59. The first-order chi connectivity index (χ1) is 7.48. The van der Waals surface area contributed by atoms with E-state index in [1.807, 2.05) is 11.3 Å². The highest BCUT2D eigenvalue weighted by atomic mass is 32.1. The molecule has 0 aliphatic carbocycles. The Hall–Kier alpha value is -0.380. The zero-order chi connectivity index (χ0) is 11.8. The molecular formula is C13H22N2S. The van der Waals surface area contributed by atoms with Crippen molar-refractivity contribution in [2.45, 2.75) is 45.8 Å². The summed E-state index contributed by atoms with van der Waals surface area (Å²) in [5.41, 5.74) is 3.18. The summed E-state index contributed by atoms with van der Waals surface area (Å²) < 4.78 is 0. The van der Waals surface area contributed by atoms with Crippen LogP contribution in [0.4, 0.5) is 0 Å². The van der Waals surface area contributed by atoms with Gasteiger partial charge in [0.15, 0.2) is 0 Å². The molecule has 0 radical (unpaired) electrons. The van der Waals surface area contributed by atoms with Gasteiger partial charge in [0.2, 0.25) is 0 Å². The van der Waals surface area contributed by atoms with Crippen molar-refractivity contribution in [2.75, 3.05) is 13.1 Å². The Morgan fingerprint density at radius 1 is 1.50 bits per heavy atom. The van der Waals surface area contributed by atoms with Gasteiger partial charge in [-0.3, -0.25) is 4.90 Å². The molecular weight excluding hydrogens is 216 g/mol. The van der Waals surface area contributed by atoms with Gasteiger partial charge in [-0.1, -0.05) is 0 Å². The van der Waals surface area contributed by atoms with Crippen molar-refractivity contribution < 1.29 is 0 Å². The van der Waals surface area contributed by atoms with Gasteiger partial charge in [0.05, 0.1) is 0 Å². The van der Waals surface area contributed by atoms with Crippen LogP contribution in [-0.4, -0.2) is 29.6 Å². The molecule has 90 valence electrons. The SMILES string of the molecule is Cc1cscc1CN1CC(C)(C)NCC1C. The van der Waals surface area contributed by atoms with Gasteiger partial charge in [-0.05, 0) is 49.6 Å². The fraction of sp³-hybridized carbons (Fsp3) is 0.692. The van der Waals surface area contributed by atoms with Crippen molar-refractivity contribution in [1.29, 1.82) is 0 Å². The molecule has 1 saturated heterocycles. The summed E-state index contributed by atoms with van der Waals surface area (Å²) in [5, 5.41) is 8.13. The van der Waals surface area contributed by atoms with Crippen molar-refractivity contribution in [3.8, 4) is 0 Å². The van der Waals surface area contributed by atoms with Crippen LogP contribution in [0.1, 0.15) is 31.9 Å². The molecule has 1 unspecified atom stereocenters. The molecule has 0 amide bonds. The topological polar surface area (TPSA) is 15.3 Å². The third-order valence-corrected chi connectivity index (χ3v) is 4.34. The summed E-state index contributed by atoms with van der Waals surface area (Å²) >= 11 is 1.81. The van der Waals surface area contributed by atoms with E-state index in [1.165, 1.54) is 11.1 Å². The summed E-state index contributed by atoms with van der Waals surface area (Å²) in [4.78, 5) is 2.59. The van der Waals surface area contributed by atoms with Crippen molar-refractivity contribution in [3.05, 3.63) is 21.9 Å². The van der Waals surface area contributed by atoms with Crippen LogP contribution in [-0.2, 0) is 6.54 Å². The first-order valence-corrected chi connectivity index (χ1v) is 6.93. The summed E-state index contributed by atoms with van der Waals surface area (Å²) in [6.45, 7) is 12.4. The minimum atomic E-state index is 0.246. The molecule has 1 aliphatic rings. The lowest BCUT2D eigenvalue weighted by atomic mass is 9.98. The zero-order valence-electron chi connectivity index (χ0n) is 10.7. The van der Waals surface area contributed by atoms with Gasteiger partial charge >= 0.3 is 0 Å². The van der Waals surface area contributed by atoms with E-state index < -0.39 is 0 Å². The van der Waals surface area contributed by atoms with Crippen LogP contribution in [0.25, 0.3) is 0 Å². The number of thiophene rings is 1. The molecule has 0 spiro atoms. The Morgan fingerprint density at radius 3 is 2.88 bits per heavy atom. The third-order valence-electron chi connectivity index (χ3n) is 3.43. The Morgan fingerprint density at radius 2 is 2.25 bits per heavy atom. The van der Waals surface area contributed by atoms with Crippen LogP contribution >= 0.6 is 11.3 Å². The van der Waals surface area contributed by atoms with Crippen LogP contribution < -0.4 is 5.32 Å². The van der Waals surface area contributed by atoms with Crippen LogP contribution in [0, 0.1) is 6.92 Å². The minimum Gasteiger partial charge on any atom is -0.309 e. The van der Waals surface area contributed by atoms with Gasteiger partial charge in [-0.25, -0.2) is 0 Å². The molecule has 0 bridgehead atoms. The Balaban J connectivity index is 2.06.